The van der Waals surface area contributed by atoms with Crippen LogP contribution in [-0.4, -0.2) is 33.5 Å². The molecule has 0 saturated heterocycles. The summed E-state index contributed by atoms with van der Waals surface area (Å²) in [5.41, 5.74) is 0. The van der Waals surface area contributed by atoms with Gasteiger partial charge in [-0.1, -0.05) is 31.4 Å². The molecular weight excluding hydrogens is 336 g/mol. The Balaban J connectivity index is 2.55. The molecule has 0 fully saturated rings. The van der Waals surface area contributed by atoms with Crippen molar-refractivity contribution in [2.45, 2.75) is 31.5 Å². The van der Waals surface area contributed by atoms with Gasteiger partial charge in [-0.3, -0.25) is 0 Å². The van der Waals surface area contributed by atoms with Crippen LogP contribution in [0.1, 0.15) is 12.8 Å². The minimum absolute atomic E-state index is 0.344. The minimum atomic E-state index is -2.09. The summed E-state index contributed by atoms with van der Waals surface area (Å²) in [6, 6.07) is 11.3. The highest BCUT2D eigenvalue weighted by atomic mass is 28.4. The molecule has 6 heteroatoms. The van der Waals surface area contributed by atoms with Gasteiger partial charge in [0.2, 0.25) is 8.32 Å². The van der Waals surface area contributed by atoms with Crippen LogP contribution < -0.4 is 4.43 Å². The average molecular weight is 362 g/mol. The number of carbonyl (C=O) groups is 2. The van der Waals surface area contributed by atoms with Crippen molar-refractivity contribution in [2.75, 3.05) is 13.2 Å². The smallest absolute Gasteiger partial charge is 0.330 e. The lowest BCUT2D eigenvalue weighted by Crippen LogP contribution is -2.38. The van der Waals surface area contributed by atoms with E-state index in [2.05, 4.69) is 19.7 Å². The zero-order chi connectivity index (χ0) is 18.5. The van der Waals surface area contributed by atoms with Crippen LogP contribution in [0.4, 0.5) is 0 Å². The molecule has 0 atom stereocenters. The van der Waals surface area contributed by atoms with E-state index >= 15 is 0 Å². The van der Waals surface area contributed by atoms with Crippen LogP contribution in [0.15, 0.2) is 55.6 Å². The Morgan fingerprint density at radius 2 is 1.44 bits per heavy atom. The van der Waals surface area contributed by atoms with Crippen molar-refractivity contribution in [2.24, 2.45) is 0 Å². The number of para-hydroxylation sites is 1. The zero-order valence-corrected chi connectivity index (χ0v) is 15.7. The number of benzene rings is 1. The van der Waals surface area contributed by atoms with Crippen molar-refractivity contribution in [3.05, 3.63) is 55.6 Å². The van der Waals surface area contributed by atoms with Gasteiger partial charge >= 0.3 is 11.9 Å². The van der Waals surface area contributed by atoms with Crippen molar-refractivity contribution >= 4 is 20.3 Å². The van der Waals surface area contributed by atoms with Crippen LogP contribution in [0.5, 0.6) is 5.75 Å². The fourth-order valence-corrected chi connectivity index (χ4v) is 5.30. The fraction of sp³-hybridized carbons (Fsp3) is 0.368. The third-order valence-electron chi connectivity index (χ3n) is 3.63. The molecule has 0 radical (unpaired) electrons. The van der Waals surface area contributed by atoms with E-state index < -0.39 is 20.3 Å². The number of esters is 2. The first-order valence-corrected chi connectivity index (χ1v) is 11.1. The Morgan fingerprint density at radius 3 is 1.88 bits per heavy atom. The number of ether oxygens (including phenoxy) is 2. The average Bonchev–Trinajstić information content (AvgIpc) is 2.63. The second-order valence-electron chi connectivity index (χ2n) is 5.82. The molecule has 0 spiro atoms. The van der Waals surface area contributed by atoms with Gasteiger partial charge in [0.1, 0.15) is 5.75 Å². The van der Waals surface area contributed by atoms with Gasteiger partial charge in [0.15, 0.2) is 0 Å². The van der Waals surface area contributed by atoms with Crippen LogP contribution in [0.25, 0.3) is 0 Å². The minimum Gasteiger partial charge on any atom is -0.544 e. The Kier molecular flexibility index (Phi) is 9.32. The van der Waals surface area contributed by atoms with Crippen molar-refractivity contribution in [1.29, 1.82) is 0 Å². The van der Waals surface area contributed by atoms with Crippen molar-refractivity contribution in [3.63, 3.8) is 0 Å². The van der Waals surface area contributed by atoms with E-state index in [4.69, 9.17) is 13.9 Å². The van der Waals surface area contributed by atoms with Crippen LogP contribution in [0.2, 0.25) is 18.6 Å². The number of carbonyl (C=O) groups excluding carboxylic acids is 2. The third-order valence-corrected chi connectivity index (χ3v) is 7.18. The summed E-state index contributed by atoms with van der Waals surface area (Å²) in [5.74, 6) is 0.00945. The molecule has 0 heterocycles. The normalized spacial score (nSPS) is 10.6. The summed E-state index contributed by atoms with van der Waals surface area (Å²) in [4.78, 5) is 22.2. The van der Waals surface area contributed by atoms with Crippen molar-refractivity contribution in [1.82, 2.24) is 0 Å². The molecule has 0 aliphatic rings. The molecule has 0 unspecified atom stereocenters. The molecular formula is C19H26O5Si. The largest absolute Gasteiger partial charge is 0.544 e. The molecule has 0 aliphatic carbocycles. The molecule has 1 aromatic rings. The van der Waals surface area contributed by atoms with Crippen molar-refractivity contribution in [3.8, 4) is 5.75 Å². The second kappa shape index (κ2) is 11.3. The predicted molar refractivity (Wildman–Crippen MR) is 99.8 cm³/mol. The quantitative estimate of drug-likeness (QED) is 0.244. The first-order valence-electron chi connectivity index (χ1n) is 8.31. The first-order chi connectivity index (χ1) is 12.0. The van der Waals surface area contributed by atoms with Gasteiger partial charge in [-0.15, -0.1) is 0 Å². The summed E-state index contributed by atoms with van der Waals surface area (Å²) < 4.78 is 16.4. The lowest BCUT2D eigenvalue weighted by Gasteiger charge is -2.28. The Morgan fingerprint density at radius 1 is 0.960 bits per heavy atom. The van der Waals surface area contributed by atoms with E-state index in [1.165, 1.54) is 0 Å². The van der Waals surface area contributed by atoms with Crippen LogP contribution >= 0.6 is 0 Å². The Hall–Kier alpha value is -2.34. The van der Waals surface area contributed by atoms with E-state index in [0.29, 0.717) is 13.2 Å². The maximum atomic E-state index is 11.1. The van der Waals surface area contributed by atoms with E-state index in [1.54, 1.807) is 0 Å². The maximum absolute atomic E-state index is 11.1. The number of hydrogen-bond donors (Lipinski definition) is 0. The molecule has 1 aromatic carbocycles. The molecule has 136 valence electrons. The zero-order valence-electron chi connectivity index (χ0n) is 14.7. The molecule has 1 rings (SSSR count). The Bertz CT molecular complexity index is 542. The molecule has 0 aliphatic heterocycles. The van der Waals surface area contributed by atoms with E-state index in [0.717, 1.165) is 42.8 Å². The summed E-state index contributed by atoms with van der Waals surface area (Å²) in [5, 5.41) is 0. The van der Waals surface area contributed by atoms with Gasteiger partial charge in [0.05, 0.1) is 13.2 Å². The summed E-state index contributed by atoms with van der Waals surface area (Å²) in [6.07, 6.45) is 3.76. The van der Waals surface area contributed by atoms with Gasteiger partial charge < -0.3 is 13.9 Å². The molecule has 0 saturated carbocycles. The lowest BCUT2D eigenvalue weighted by atomic mass is 10.3. The summed E-state index contributed by atoms with van der Waals surface area (Å²) in [7, 11) is -2.09. The fourth-order valence-electron chi connectivity index (χ4n) is 2.36. The predicted octanol–water partition coefficient (Wildman–Crippen LogP) is 3.88. The lowest BCUT2D eigenvalue weighted by molar-refractivity contribution is -0.138. The van der Waals surface area contributed by atoms with E-state index in [9.17, 15) is 9.59 Å². The molecule has 0 bridgehead atoms. The third kappa shape index (κ3) is 8.90. The summed E-state index contributed by atoms with van der Waals surface area (Å²) in [6.45, 7) is 9.58. The topological polar surface area (TPSA) is 61.8 Å². The highest BCUT2D eigenvalue weighted by Gasteiger charge is 2.30. The van der Waals surface area contributed by atoms with Gasteiger partial charge in [-0.2, -0.15) is 0 Å². The van der Waals surface area contributed by atoms with Crippen LogP contribution in [0, 0.1) is 0 Å². The van der Waals surface area contributed by atoms with Gasteiger partial charge in [0.25, 0.3) is 0 Å². The van der Waals surface area contributed by atoms with Gasteiger partial charge in [-0.25, -0.2) is 9.59 Å². The van der Waals surface area contributed by atoms with Crippen LogP contribution in [0.3, 0.4) is 0 Å². The molecule has 0 amide bonds. The number of hydrogen-bond acceptors (Lipinski definition) is 5. The molecule has 25 heavy (non-hydrogen) atoms. The van der Waals surface area contributed by atoms with Crippen LogP contribution in [-0.2, 0) is 19.1 Å². The Labute approximate surface area is 150 Å². The van der Waals surface area contributed by atoms with E-state index in [-0.39, 0.29) is 0 Å². The highest BCUT2D eigenvalue weighted by Crippen LogP contribution is 2.25. The van der Waals surface area contributed by atoms with Crippen molar-refractivity contribution < 1.29 is 23.5 Å². The maximum Gasteiger partial charge on any atom is 0.330 e. The van der Waals surface area contributed by atoms with Gasteiger partial charge in [-0.05, 0) is 43.6 Å². The highest BCUT2D eigenvalue weighted by molar-refractivity contribution is 6.73. The van der Waals surface area contributed by atoms with E-state index in [1.807, 2.05) is 30.3 Å². The molecule has 5 nitrogen and oxygen atoms in total. The standard InChI is InChI=1S/C19H26O5Si/c1-4-18(20)22-13-9-15-25(3,16-10-14-23-19(21)5-2)24-17-11-7-6-8-12-17/h4-8,11-12H,1-2,9-10,13-16H2,3H3. The summed E-state index contributed by atoms with van der Waals surface area (Å²) >= 11 is 0. The molecule has 0 aromatic heterocycles. The van der Waals surface area contributed by atoms with Gasteiger partial charge in [0, 0.05) is 12.2 Å². The second-order valence-corrected chi connectivity index (χ2v) is 9.92. The number of rotatable bonds is 12. The monoisotopic (exact) mass is 362 g/mol. The molecule has 0 N–H and O–H groups in total. The first kappa shape index (κ1) is 20.7. The SMILES string of the molecule is C=CC(=O)OCCC[Si](C)(CCCOC(=O)C=C)Oc1ccccc1.